The molecule has 0 saturated carbocycles. The van der Waals surface area contributed by atoms with Crippen LogP contribution in [0.4, 0.5) is 0 Å². The van der Waals surface area contributed by atoms with Gasteiger partial charge in [-0.3, -0.25) is 4.98 Å². The maximum absolute atomic E-state index is 10.6. The highest BCUT2D eigenvalue weighted by Gasteiger charge is 2.11. The van der Waals surface area contributed by atoms with E-state index in [1.807, 2.05) is 0 Å². The van der Waals surface area contributed by atoms with Gasteiger partial charge in [-0.1, -0.05) is 6.07 Å². The van der Waals surface area contributed by atoms with Gasteiger partial charge in [-0.25, -0.2) is 4.79 Å². The van der Waals surface area contributed by atoms with Gasteiger partial charge < -0.3 is 5.11 Å². The topological polar surface area (TPSA) is 74.0 Å². The van der Waals surface area contributed by atoms with Gasteiger partial charge in [0.25, 0.3) is 0 Å². The van der Waals surface area contributed by atoms with Gasteiger partial charge in [0, 0.05) is 12.4 Å². The smallest absolute Gasteiger partial charge is 0.346 e. The van der Waals surface area contributed by atoms with E-state index in [0.717, 1.165) is 0 Å². The number of nitrogens with zero attached hydrogens (tertiary/aromatic N) is 2. The average molecular weight is 188 g/mol. The van der Waals surface area contributed by atoms with E-state index in [2.05, 4.69) is 4.98 Å². The highest BCUT2D eigenvalue weighted by Crippen LogP contribution is 2.16. The normalized spacial score (nSPS) is 11.4. The standard InChI is InChI=1S/C10H8N2O2/c1-7(9(5-11)10(13)14)8-3-2-4-12-6-8/h2-4,6H,1H3,(H,13,14)/b9-7-. The van der Waals surface area contributed by atoms with Crippen molar-refractivity contribution < 1.29 is 9.90 Å². The molecule has 1 aromatic heterocycles. The van der Waals surface area contributed by atoms with Crippen molar-refractivity contribution in [3.63, 3.8) is 0 Å². The minimum Gasteiger partial charge on any atom is -0.477 e. The molecule has 0 aromatic carbocycles. The lowest BCUT2D eigenvalue weighted by Crippen LogP contribution is -2.00. The first-order valence-corrected chi connectivity index (χ1v) is 3.91. The molecule has 0 aliphatic carbocycles. The number of hydrogen-bond donors (Lipinski definition) is 1. The fourth-order valence-electron chi connectivity index (χ4n) is 1.02. The number of allylic oxidation sites excluding steroid dienone is 1. The van der Waals surface area contributed by atoms with Crippen LogP contribution in [0.1, 0.15) is 12.5 Å². The Kier molecular flexibility index (Phi) is 2.97. The van der Waals surface area contributed by atoms with Crippen LogP contribution in [0, 0.1) is 11.3 Å². The van der Waals surface area contributed by atoms with Crippen LogP contribution in [0.5, 0.6) is 0 Å². The summed E-state index contributed by atoms with van der Waals surface area (Å²) in [6, 6.07) is 5.05. The molecule has 0 fully saturated rings. The summed E-state index contributed by atoms with van der Waals surface area (Å²) in [6.07, 6.45) is 3.11. The minimum atomic E-state index is -1.21. The molecule has 1 N–H and O–H groups in total. The summed E-state index contributed by atoms with van der Waals surface area (Å²) < 4.78 is 0. The van der Waals surface area contributed by atoms with Crippen molar-refractivity contribution in [1.82, 2.24) is 4.98 Å². The lowest BCUT2D eigenvalue weighted by molar-refractivity contribution is -0.132. The molecule has 4 heteroatoms. The molecule has 0 amide bonds. The van der Waals surface area contributed by atoms with Gasteiger partial charge in [0.15, 0.2) is 0 Å². The molecule has 0 aliphatic rings. The Balaban J connectivity index is 3.23. The summed E-state index contributed by atoms with van der Waals surface area (Å²) in [5.41, 5.74) is 0.817. The Morgan fingerprint density at radius 3 is 2.79 bits per heavy atom. The van der Waals surface area contributed by atoms with E-state index in [1.54, 1.807) is 31.3 Å². The van der Waals surface area contributed by atoms with Gasteiger partial charge >= 0.3 is 5.97 Å². The zero-order valence-corrected chi connectivity index (χ0v) is 7.56. The van der Waals surface area contributed by atoms with Crippen LogP contribution in [0.2, 0.25) is 0 Å². The number of pyridine rings is 1. The molecular weight excluding hydrogens is 180 g/mol. The number of rotatable bonds is 2. The number of hydrogen-bond acceptors (Lipinski definition) is 3. The fourth-order valence-corrected chi connectivity index (χ4v) is 1.02. The summed E-state index contributed by atoms with van der Waals surface area (Å²) in [7, 11) is 0. The monoisotopic (exact) mass is 188 g/mol. The molecule has 1 rings (SSSR count). The minimum absolute atomic E-state index is 0.252. The number of nitriles is 1. The highest BCUT2D eigenvalue weighted by atomic mass is 16.4. The van der Waals surface area contributed by atoms with Crippen molar-refractivity contribution >= 4 is 11.5 Å². The Labute approximate surface area is 81.1 Å². The molecule has 14 heavy (non-hydrogen) atoms. The second kappa shape index (κ2) is 4.19. The van der Waals surface area contributed by atoms with Crippen LogP contribution < -0.4 is 0 Å². The molecule has 70 valence electrons. The Bertz CT molecular complexity index is 415. The third-order valence-corrected chi connectivity index (χ3v) is 1.80. The molecule has 0 atom stereocenters. The van der Waals surface area contributed by atoms with Gasteiger partial charge in [0.1, 0.15) is 11.6 Å². The molecule has 1 heterocycles. The number of aromatic nitrogens is 1. The SMILES string of the molecule is C/C(=C(\C#N)C(=O)O)c1cccnc1. The van der Waals surface area contributed by atoms with E-state index in [9.17, 15) is 4.79 Å². The molecule has 0 saturated heterocycles. The van der Waals surface area contributed by atoms with Gasteiger partial charge in [-0.15, -0.1) is 0 Å². The summed E-state index contributed by atoms with van der Waals surface area (Å²) in [6.45, 7) is 1.59. The summed E-state index contributed by atoms with van der Waals surface area (Å²) in [4.78, 5) is 14.5. The Hall–Kier alpha value is -2.15. The highest BCUT2D eigenvalue weighted by molar-refractivity contribution is 5.99. The van der Waals surface area contributed by atoms with Crippen LogP contribution in [0.15, 0.2) is 30.1 Å². The number of aliphatic carboxylic acids is 1. The van der Waals surface area contributed by atoms with Crippen molar-refractivity contribution in [2.24, 2.45) is 0 Å². The molecule has 0 bridgehead atoms. The number of carbonyl (C=O) groups is 1. The summed E-state index contributed by atoms with van der Waals surface area (Å²) in [5, 5.41) is 17.3. The van der Waals surface area contributed by atoms with E-state index in [4.69, 9.17) is 10.4 Å². The predicted octanol–water partition coefficient (Wildman–Crippen LogP) is 1.46. The third-order valence-electron chi connectivity index (χ3n) is 1.80. The van der Waals surface area contributed by atoms with Crippen molar-refractivity contribution in [2.45, 2.75) is 6.92 Å². The molecule has 0 radical (unpaired) electrons. The van der Waals surface area contributed by atoms with Crippen molar-refractivity contribution in [3.05, 3.63) is 35.7 Å². The Morgan fingerprint density at radius 2 is 2.36 bits per heavy atom. The summed E-state index contributed by atoms with van der Waals surface area (Å²) >= 11 is 0. The van der Waals surface area contributed by atoms with Crippen LogP contribution in [0.25, 0.3) is 5.57 Å². The number of carboxylic acids is 1. The largest absolute Gasteiger partial charge is 0.477 e. The zero-order valence-electron chi connectivity index (χ0n) is 7.56. The third kappa shape index (κ3) is 1.96. The van der Waals surface area contributed by atoms with Crippen LogP contribution >= 0.6 is 0 Å². The molecular formula is C10H8N2O2. The first kappa shape index (κ1) is 9.93. The van der Waals surface area contributed by atoms with Crippen molar-refractivity contribution in [1.29, 1.82) is 5.26 Å². The average Bonchev–Trinajstić information content (AvgIpc) is 2.19. The summed E-state index contributed by atoms with van der Waals surface area (Å²) in [5.74, 6) is -1.21. The van der Waals surface area contributed by atoms with Crippen molar-refractivity contribution in [3.8, 4) is 6.07 Å². The van der Waals surface area contributed by atoms with E-state index in [-0.39, 0.29) is 5.57 Å². The fraction of sp³-hybridized carbons (Fsp3) is 0.100. The first-order valence-electron chi connectivity index (χ1n) is 3.91. The van der Waals surface area contributed by atoms with Crippen LogP contribution in [0.3, 0.4) is 0 Å². The van der Waals surface area contributed by atoms with E-state index in [0.29, 0.717) is 11.1 Å². The van der Waals surface area contributed by atoms with Gasteiger partial charge in [-0.05, 0) is 24.1 Å². The second-order valence-corrected chi connectivity index (χ2v) is 2.66. The lowest BCUT2D eigenvalue weighted by atomic mass is 10.0. The van der Waals surface area contributed by atoms with E-state index < -0.39 is 5.97 Å². The Morgan fingerprint density at radius 1 is 1.64 bits per heavy atom. The predicted molar refractivity (Wildman–Crippen MR) is 50.1 cm³/mol. The zero-order chi connectivity index (χ0) is 10.6. The van der Waals surface area contributed by atoms with Crippen LogP contribution in [-0.2, 0) is 4.79 Å². The van der Waals surface area contributed by atoms with E-state index in [1.165, 1.54) is 6.20 Å². The lowest BCUT2D eigenvalue weighted by Gasteiger charge is -2.00. The molecule has 1 aromatic rings. The number of carboxylic acid groups (broad SMARTS) is 1. The van der Waals surface area contributed by atoms with E-state index >= 15 is 0 Å². The van der Waals surface area contributed by atoms with Crippen LogP contribution in [-0.4, -0.2) is 16.1 Å². The molecule has 0 aliphatic heterocycles. The second-order valence-electron chi connectivity index (χ2n) is 2.66. The maximum atomic E-state index is 10.6. The molecule has 0 spiro atoms. The maximum Gasteiger partial charge on any atom is 0.346 e. The first-order chi connectivity index (χ1) is 6.66. The van der Waals surface area contributed by atoms with Crippen molar-refractivity contribution in [2.75, 3.05) is 0 Å². The van der Waals surface area contributed by atoms with Gasteiger partial charge in [-0.2, -0.15) is 5.26 Å². The molecule has 4 nitrogen and oxygen atoms in total. The van der Waals surface area contributed by atoms with Gasteiger partial charge in [0.2, 0.25) is 0 Å². The quantitative estimate of drug-likeness (QED) is 0.563. The van der Waals surface area contributed by atoms with Gasteiger partial charge in [0.05, 0.1) is 0 Å². The molecule has 0 unspecified atom stereocenters.